The Morgan fingerprint density at radius 2 is 1.96 bits per heavy atom. The number of benzene rings is 2. The van der Waals surface area contributed by atoms with Gasteiger partial charge in [-0.2, -0.15) is 5.10 Å². The Kier molecular flexibility index (Phi) is 5.28. The molecule has 0 unspecified atom stereocenters. The van der Waals surface area contributed by atoms with E-state index in [0.717, 1.165) is 60.8 Å². The van der Waals surface area contributed by atoms with Gasteiger partial charge in [0.15, 0.2) is 0 Å². The average Bonchev–Trinajstić information content (AvgIpc) is 3.11. The van der Waals surface area contributed by atoms with Crippen LogP contribution in [0.4, 0.5) is 0 Å². The molecule has 0 atom stereocenters. The summed E-state index contributed by atoms with van der Waals surface area (Å²) in [6, 6.07) is 16.3. The average molecular weight is 349 g/mol. The van der Waals surface area contributed by atoms with Crippen LogP contribution in [0.5, 0.6) is 5.75 Å². The third kappa shape index (κ3) is 4.12. The van der Waals surface area contributed by atoms with E-state index in [9.17, 15) is 0 Å². The number of H-pyrrole nitrogens is 1. The van der Waals surface area contributed by atoms with Gasteiger partial charge in [-0.05, 0) is 29.8 Å². The van der Waals surface area contributed by atoms with E-state index in [-0.39, 0.29) is 0 Å². The van der Waals surface area contributed by atoms with Crippen LogP contribution in [-0.4, -0.2) is 54.6 Å². The van der Waals surface area contributed by atoms with Gasteiger partial charge in [0.25, 0.3) is 0 Å². The molecule has 1 saturated heterocycles. The first-order valence-corrected chi connectivity index (χ1v) is 9.03. The van der Waals surface area contributed by atoms with Crippen molar-refractivity contribution in [1.82, 2.24) is 15.1 Å². The van der Waals surface area contributed by atoms with Crippen molar-refractivity contribution in [3.8, 4) is 5.75 Å². The van der Waals surface area contributed by atoms with Crippen molar-refractivity contribution in [2.45, 2.75) is 0 Å². The first-order chi connectivity index (χ1) is 12.9. The first kappa shape index (κ1) is 16.8. The molecule has 1 aliphatic heterocycles. The highest BCUT2D eigenvalue weighted by atomic mass is 16.5. The number of aromatic nitrogens is 2. The van der Waals surface area contributed by atoms with Crippen molar-refractivity contribution in [1.29, 1.82) is 0 Å². The Hall–Kier alpha value is -2.63. The number of nitrogens with one attached hydrogen (secondary N) is 1. The van der Waals surface area contributed by atoms with Crippen molar-refractivity contribution in [2.75, 3.05) is 39.5 Å². The minimum Gasteiger partial charge on any atom is -0.492 e. The molecule has 5 heteroatoms. The number of nitrogens with zero attached hydrogens (tertiary/aromatic N) is 2. The summed E-state index contributed by atoms with van der Waals surface area (Å²) in [6.07, 6.45) is 4.10. The van der Waals surface area contributed by atoms with Gasteiger partial charge in [0.2, 0.25) is 0 Å². The van der Waals surface area contributed by atoms with Gasteiger partial charge in [-0.15, -0.1) is 0 Å². The molecule has 0 aliphatic carbocycles. The molecule has 2 heterocycles. The zero-order valence-corrected chi connectivity index (χ0v) is 14.7. The van der Waals surface area contributed by atoms with Crippen molar-refractivity contribution >= 4 is 23.1 Å². The van der Waals surface area contributed by atoms with Crippen LogP contribution in [0.1, 0.15) is 11.3 Å². The summed E-state index contributed by atoms with van der Waals surface area (Å²) in [5, 5.41) is 8.56. The summed E-state index contributed by atoms with van der Waals surface area (Å²) in [5.74, 6) is 0.896. The molecule has 3 aromatic rings. The Morgan fingerprint density at radius 1 is 1.08 bits per heavy atom. The number of hydrogen-bond donors (Lipinski definition) is 1. The summed E-state index contributed by atoms with van der Waals surface area (Å²) in [6.45, 7) is 5.25. The molecule has 0 spiro atoms. The lowest BCUT2D eigenvalue weighted by Crippen LogP contribution is -2.38. The van der Waals surface area contributed by atoms with Crippen LogP contribution in [0, 0.1) is 0 Å². The van der Waals surface area contributed by atoms with Crippen LogP contribution in [0.15, 0.2) is 48.5 Å². The third-order valence-electron chi connectivity index (χ3n) is 4.57. The van der Waals surface area contributed by atoms with Gasteiger partial charge in [0.1, 0.15) is 12.4 Å². The van der Waals surface area contributed by atoms with Gasteiger partial charge in [-0.25, -0.2) is 0 Å². The zero-order valence-electron chi connectivity index (χ0n) is 14.7. The van der Waals surface area contributed by atoms with E-state index in [0.29, 0.717) is 6.61 Å². The van der Waals surface area contributed by atoms with Crippen LogP contribution in [-0.2, 0) is 4.74 Å². The molecule has 1 fully saturated rings. The van der Waals surface area contributed by atoms with Crippen molar-refractivity contribution in [2.24, 2.45) is 0 Å². The summed E-state index contributed by atoms with van der Waals surface area (Å²) in [7, 11) is 0. The third-order valence-corrected chi connectivity index (χ3v) is 4.57. The number of para-hydroxylation sites is 1. The summed E-state index contributed by atoms with van der Waals surface area (Å²) < 4.78 is 11.3. The molecule has 4 rings (SSSR count). The molecule has 0 radical (unpaired) electrons. The van der Waals surface area contributed by atoms with E-state index in [2.05, 4.69) is 39.4 Å². The molecule has 2 aromatic carbocycles. The highest BCUT2D eigenvalue weighted by Gasteiger charge is 2.09. The predicted octanol–water partition coefficient (Wildman–Crippen LogP) is 3.44. The van der Waals surface area contributed by atoms with E-state index in [1.807, 2.05) is 36.4 Å². The number of fused-ring (bicyclic) bond motifs is 1. The fourth-order valence-electron chi connectivity index (χ4n) is 3.11. The van der Waals surface area contributed by atoms with Crippen molar-refractivity contribution in [3.63, 3.8) is 0 Å². The minimum absolute atomic E-state index is 0.692. The maximum atomic E-state index is 5.92. The number of morpholine rings is 1. The minimum atomic E-state index is 0.692. The van der Waals surface area contributed by atoms with Crippen LogP contribution >= 0.6 is 0 Å². The molecule has 5 nitrogen and oxygen atoms in total. The lowest BCUT2D eigenvalue weighted by molar-refractivity contribution is 0.0322. The van der Waals surface area contributed by atoms with Gasteiger partial charge in [0.05, 0.1) is 24.4 Å². The molecule has 0 bridgehead atoms. The lowest BCUT2D eigenvalue weighted by Gasteiger charge is -2.26. The van der Waals surface area contributed by atoms with Crippen molar-refractivity contribution < 1.29 is 9.47 Å². The highest BCUT2D eigenvalue weighted by molar-refractivity contribution is 5.89. The molecule has 134 valence electrons. The lowest BCUT2D eigenvalue weighted by atomic mass is 10.1. The molecule has 26 heavy (non-hydrogen) atoms. The highest BCUT2D eigenvalue weighted by Crippen LogP contribution is 2.19. The van der Waals surface area contributed by atoms with E-state index in [4.69, 9.17) is 9.47 Å². The number of rotatable bonds is 6. The van der Waals surface area contributed by atoms with E-state index >= 15 is 0 Å². The van der Waals surface area contributed by atoms with E-state index < -0.39 is 0 Å². The zero-order chi connectivity index (χ0) is 17.6. The molecule has 0 saturated carbocycles. The van der Waals surface area contributed by atoms with Crippen LogP contribution in [0.2, 0.25) is 0 Å². The first-order valence-electron chi connectivity index (χ1n) is 9.03. The monoisotopic (exact) mass is 349 g/mol. The number of ether oxygens (including phenoxy) is 2. The Bertz CT molecular complexity index is 882. The van der Waals surface area contributed by atoms with E-state index in [1.165, 1.54) is 0 Å². The maximum absolute atomic E-state index is 5.92. The Labute approximate surface area is 153 Å². The normalized spacial score (nSPS) is 15.7. The topological polar surface area (TPSA) is 50.4 Å². The molecule has 1 aromatic heterocycles. The van der Waals surface area contributed by atoms with Crippen molar-refractivity contribution in [3.05, 3.63) is 59.8 Å². The fraction of sp³-hybridized carbons (Fsp3) is 0.286. The second kappa shape index (κ2) is 8.17. The predicted molar refractivity (Wildman–Crippen MR) is 104 cm³/mol. The summed E-state index contributed by atoms with van der Waals surface area (Å²) in [5.41, 5.74) is 3.09. The second-order valence-corrected chi connectivity index (χ2v) is 6.36. The number of aromatic amines is 1. The van der Waals surface area contributed by atoms with E-state index in [1.54, 1.807) is 0 Å². The second-order valence-electron chi connectivity index (χ2n) is 6.36. The molecular weight excluding hydrogens is 326 g/mol. The Morgan fingerprint density at radius 3 is 2.88 bits per heavy atom. The fourth-order valence-corrected chi connectivity index (χ4v) is 3.11. The summed E-state index contributed by atoms with van der Waals surface area (Å²) >= 11 is 0. The van der Waals surface area contributed by atoms with Gasteiger partial charge < -0.3 is 9.47 Å². The van der Waals surface area contributed by atoms with Gasteiger partial charge in [-0.1, -0.05) is 36.4 Å². The maximum Gasteiger partial charge on any atom is 0.119 e. The molecular formula is C21H23N3O2. The summed E-state index contributed by atoms with van der Waals surface area (Å²) in [4.78, 5) is 2.37. The smallest absolute Gasteiger partial charge is 0.119 e. The van der Waals surface area contributed by atoms with Gasteiger partial charge in [-0.3, -0.25) is 10.00 Å². The van der Waals surface area contributed by atoms with Crippen LogP contribution < -0.4 is 4.74 Å². The van der Waals surface area contributed by atoms with Gasteiger partial charge >= 0.3 is 0 Å². The molecule has 1 aliphatic rings. The molecule has 1 N–H and O–H groups in total. The SMILES string of the molecule is C(=Cc1n[nH]c2ccccc12)c1cccc(OCCN2CCOCC2)c1. The number of hydrogen-bond acceptors (Lipinski definition) is 4. The van der Waals surface area contributed by atoms with Crippen LogP contribution in [0.3, 0.4) is 0 Å². The van der Waals surface area contributed by atoms with Gasteiger partial charge in [0, 0.05) is 25.0 Å². The quantitative estimate of drug-likeness (QED) is 0.741. The molecule has 0 amide bonds. The largest absolute Gasteiger partial charge is 0.492 e. The van der Waals surface area contributed by atoms with Crippen LogP contribution in [0.25, 0.3) is 23.1 Å². The Balaban J connectivity index is 1.37. The standard InChI is InChI=1S/C21H23N3O2/c1-2-7-20-19(6-1)21(23-22-20)9-8-17-4-3-5-18(16-17)26-15-12-24-10-13-25-14-11-24/h1-9,16H,10-15H2,(H,22,23).